The number of methoxy groups -OCH3 is 1. The predicted molar refractivity (Wildman–Crippen MR) is 95.1 cm³/mol. The van der Waals surface area contributed by atoms with Gasteiger partial charge in [0.05, 0.1) is 12.7 Å². The Morgan fingerprint density at radius 1 is 1.27 bits per heavy atom. The fourth-order valence-corrected chi connectivity index (χ4v) is 2.38. The molecule has 1 aromatic carbocycles. The molecule has 2 aromatic rings. The molecule has 2 amide bonds. The van der Waals surface area contributed by atoms with E-state index in [4.69, 9.17) is 9.47 Å². The molecule has 0 radical (unpaired) electrons. The van der Waals surface area contributed by atoms with Crippen LogP contribution >= 0.6 is 0 Å². The topological polar surface area (TPSA) is 93.9 Å². The normalized spacial score (nSPS) is 10.4. The third-order valence-corrected chi connectivity index (χ3v) is 3.59. The van der Waals surface area contributed by atoms with E-state index in [9.17, 15) is 9.59 Å². The Bertz CT molecular complexity index is 703. The largest absolute Gasteiger partial charge is 0.496 e. The number of hydrogen-bond acceptors (Lipinski definition) is 6. The van der Waals surface area contributed by atoms with E-state index >= 15 is 0 Å². The lowest BCUT2D eigenvalue weighted by molar-refractivity contribution is -0.117. The van der Waals surface area contributed by atoms with Crippen molar-refractivity contribution in [1.82, 2.24) is 10.1 Å². The number of nitrogens with one attached hydrogen (secondary N) is 1. The molecule has 2 rings (SSSR count). The van der Waals surface area contributed by atoms with Crippen LogP contribution in [0.5, 0.6) is 5.75 Å². The van der Waals surface area contributed by atoms with Crippen molar-refractivity contribution in [3.05, 3.63) is 42.2 Å². The summed E-state index contributed by atoms with van der Waals surface area (Å²) in [4.78, 5) is 26.6. The molecule has 8 heteroatoms. The Labute approximate surface area is 152 Å². The van der Waals surface area contributed by atoms with E-state index in [0.29, 0.717) is 43.3 Å². The van der Waals surface area contributed by atoms with Crippen molar-refractivity contribution < 1.29 is 23.6 Å². The van der Waals surface area contributed by atoms with Crippen molar-refractivity contribution in [2.75, 3.05) is 38.7 Å². The van der Waals surface area contributed by atoms with Gasteiger partial charge < -0.3 is 24.2 Å². The van der Waals surface area contributed by atoms with Gasteiger partial charge >= 0.3 is 0 Å². The fraction of sp³-hybridized carbons (Fsp3) is 0.389. The molecule has 0 aliphatic carbocycles. The zero-order valence-electron chi connectivity index (χ0n) is 14.9. The van der Waals surface area contributed by atoms with Gasteiger partial charge in [-0.15, -0.1) is 0 Å². The van der Waals surface area contributed by atoms with E-state index in [1.807, 2.05) is 6.92 Å². The monoisotopic (exact) mass is 361 g/mol. The number of carbonyl (C=O) groups excluding carboxylic acids is 2. The van der Waals surface area contributed by atoms with Crippen LogP contribution in [-0.2, 0) is 9.53 Å². The highest BCUT2D eigenvalue weighted by Crippen LogP contribution is 2.19. The molecule has 8 nitrogen and oxygen atoms in total. The lowest BCUT2D eigenvalue weighted by Gasteiger charge is -2.23. The highest BCUT2D eigenvalue weighted by Gasteiger charge is 2.21. The molecule has 0 fully saturated rings. The minimum Gasteiger partial charge on any atom is -0.496 e. The van der Waals surface area contributed by atoms with Crippen LogP contribution in [0, 0.1) is 0 Å². The van der Waals surface area contributed by atoms with E-state index in [1.54, 1.807) is 24.3 Å². The summed E-state index contributed by atoms with van der Waals surface area (Å²) in [6.07, 6.45) is 1.97. The van der Waals surface area contributed by atoms with Crippen LogP contribution in [0.3, 0.4) is 0 Å². The lowest BCUT2D eigenvalue weighted by Crippen LogP contribution is -2.39. The van der Waals surface area contributed by atoms with Gasteiger partial charge in [-0.05, 0) is 25.5 Å². The highest BCUT2D eigenvalue weighted by atomic mass is 16.5. The van der Waals surface area contributed by atoms with Gasteiger partial charge in [-0.1, -0.05) is 17.3 Å². The smallest absolute Gasteiger partial charge is 0.258 e. The maximum Gasteiger partial charge on any atom is 0.258 e. The summed E-state index contributed by atoms with van der Waals surface area (Å²) in [6.45, 7) is 3.28. The van der Waals surface area contributed by atoms with Gasteiger partial charge in [0.1, 0.15) is 18.6 Å². The summed E-state index contributed by atoms with van der Waals surface area (Å²) in [6, 6.07) is 8.45. The molecule has 1 aromatic heterocycles. The third kappa shape index (κ3) is 5.59. The molecule has 26 heavy (non-hydrogen) atoms. The van der Waals surface area contributed by atoms with Crippen molar-refractivity contribution in [3.63, 3.8) is 0 Å². The highest BCUT2D eigenvalue weighted by molar-refractivity contribution is 6.00. The fourth-order valence-electron chi connectivity index (χ4n) is 2.38. The summed E-state index contributed by atoms with van der Waals surface area (Å²) in [5.41, 5.74) is 0.403. The maximum absolute atomic E-state index is 12.9. The van der Waals surface area contributed by atoms with Gasteiger partial charge in [-0.25, -0.2) is 0 Å². The first-order valence-corrected chi connectivity index (χ1v) is 8.36. The van der Waals surface area contributed by atoms with E-state index < -0.39 is 0 Å². The van der Waals surface area contributed by atoms with Crippen molar-refractivity contribution in [1.29, 1.82) is 0 Å². The Hall–Kier alpha value is -2.87. The number of ether oxygens (including phenoxy) is 2. The Balaban J connectivity index is 2.08. The quantitative estimate of drug-likeness (QED) is 0.652. The first-order valence-electron chi connectivity index (χ1n) is 8.36. The Morgan fingerprint density at radius 2 is 2.08 bits per heavy atom. The Morgan fingerprint density at radius 3 is 2.77 bits per heavy atom. The lowest BCUT2D eigenvalue weighted by atomic mass is 10.1. The van der Waals surface area contributed by atoms with Crippen LogP contribution in [0.2, 0.25) is 0 Å². The first-order chi connectivity index (χ1) is 12.7. The minimum atomic E-state index is -0.362. The molecule has 0 saturated heterocycles. The van der Waals surface area contributed by atoms with Crippen LogP contribution in [-0.4, -0.2) is 55.3 Å². The van der Waals surface area contributed by atoms with E-state index in [0.717, 1.165) is 0 Å². The SMILES string of the molecule is CCOCCCN(CC(=O)Nc1ccon1)C(=O)c1ccccc1OC. The van der Waals surface area contributed by atoms with Gasteiger partial charge in [0.25, 0.3) is 5.91 Å². The van der Waals surface area contributed by atoms with Crippen molar-refractivity contribution >= 4 is 17.6 Å². The number of benzene rings is 1. The van der Waals surface area contributed by atoms with Gasteiger partial charge in [-0.3, -0.25) is 9.59 Å². The van der Waals surface area contributed by atoms with E-state index in [2.05, 4.69) is 15.0 Å². The van der Waals surface area contributed by atoms with Gasteiger partial charge in [0.15, 0.2) is 5.82 Å². The summed E-state index contributed by atoms with van der Waals surface area (Å²) < 4.78 is 15.3. The summed E-state index contributed by atoms with van der Waals surface area (Å²) in [5, 5.41) is 6.22. The van der Waals surface area contributed by atoms with Crippen LogP contribution < -0.4 is 10.1 Å². The second-order valence-electron chi connectivity index (χ2n) is 5.41. The molecule has 1 N–H and O–H groups in total. The molecule has 0 bridgehead atoms. The number of rotatable bonds is 10. The molecular weight excluding hydrogens is 338 g/mol. The number of anilines is 1. The zero-order valence-corrected chi connectivity index (χ0v) is 14.9. The number of hydrogen-bond donors (Lipinski definition) is 1. The molecule has 0 spiro atoms. The third-order valence-electron chi connectivity index (χ3n) is 3.59. The summed E-state index contributed by atoms with van der Waals surface area (Å²) in [7, 11) is 1.50. The van der Waals surface area contributed by atoms with Crippen LogP contribution in [0.4, 0.5) is 5.82 Å². The number of aromatic nitrogens is 1. The number of carbonyl (C=O) groups is 2. The second kappa shape index (κ2) is 10.2. The average Bonchev–Trinajstić information content (AvgIpc) is 3.16. The van der Waals surface area contributed by atoms with E-state index in [1.165, 1.54) is 24.3 Å². The maximum atomic E-state index is 12.9. The second-order valence-corrected chi connectivity index (χ2v) is 5.41. The Kier molecular flexibility index (Phi) is 7.63. The van der Waals surface area contributed by atoms with Crippen molar-refractivity contribution in [3.8, 4) is 5.75 Å². The number of para-hydroxylation sites is 1. The summed E-state index contributed by atoms with van der Waals surface area (Å²) >= 11 is 0. The van der Waals surface area contributed by atoms with Crippen LogP contribution in [0.1, 0.15) is 23.7 Å². The van der Waals surface area contributed by atoms with Crippen molar-refractivity contribution in [2.45, 2.75) is 13.3 Å². The van der Waals surface area contributed by atoms with Crippen LogP contribution in [0.25, 0.3) is 0 Å². The van der Waals surface area contributed by atoms with Gasteiger partial charge in [0.2, 0.25) is 5.91 Å². The molecule has 0 unspecified atom stereocenters. The van der Waals surface area contributed by atoms with Gasteiger partial charge in [-0.2, -0.15) is 0 Å². The first kappa shape index (κ1) is 19.5. The standard InChI is InChI=1S/C18H23N3O5/c1-3-25-11-6-10-21(13-17(22)19-16-9-12-26-20-16)18(23)14-7-4-5-8-15(14)24-2/h4-5,7-9,12H,3,6,10-11,13H2,1-2H3,(H,19,20,22). The zero-order chi connectivity index (χ0) is 18.8. The molecule has 0 atom stereocenters. The number of amides is 2. The summed E-state index contributed by atoms with van der Waals surface area (Å²) in [5.74, 6) is 0.117. The molecular formula is C18H23N3O5. The predicted octanol–water partition coefficient (Wildman–Crippen LogP) is 2.19. The van der Waals surface area contributed by atoms with Crippen molar-refractivity contribution in [2.24, 2.45) is 0 Å². The molecule has 0 saturated carbocycles. The minimum absolute atomic E-state index is 0.115. The molecule has 1 heterocycles. The molecule has 0 aliphatic heterocycles. The van der Waals surface area contributed by atoms with Crippen LogP contribution in [0.15, 0.2) is 41.1 Å². The molecule has 0 aliphatic rings. The van der Waals surface area contributed by atoms with Gasteiger partial charge in [0, 0.05) is 25.8 Å². The van der Waals surface area contributed by atoms with E-state index in [-0.39, 0.29) is 18.4 Å². The average molecular weight is 361 g/mol. The number of nitrogens with zero attached hydrogens (tertiary/aromatic N) is 2. The molecule has 140 valence electrons.